The molecule has 4 heteroatoms. The van der Waals surface area contributed by atoms with E-state index in [1.165, 1.54) is 5.01 Å². The molecule has 4 nitrogen and oxygen atoms in total. The lowest BCUT2D eigenvalue weighted by molar-refractivity contribution is -0.116. The Hall–Kier alpha value is -1.84. The molecule has 0 atom stereocenters. The Balaban J connectivity index is 2.36. The molecule has 1 aliphatic heterocycles. The Morgan fingerprint density at radius 2 is 2.29 bits per heavy atom. The number of anilines is 2. The highest BCUT2D eigenvalue weighted by atomic mass is 16.2. The molecule has 1 heterocycles. The fourth-order valence-corrected chi connectivity index (χ4v) is 1.41. The molecule has 0 spiro atoms. The Labute approximate surface area is 82.0 Å². The number of hydrazone groups is 1. The van der Waals surface area contributed by atoms with E-state index in [1.807, 2.05) is 13.0 Å². The lowest BCUT2D eigenvalue weighted by Crippen LogP contribution is -2.19. The molecule has 1 amide bonds. The number of carbonyl (C=O) groups is 1. The number of hydrogen-bond donors (Lipinski definition) is 1. The minimum atomic E-state index is -0.00639. The number of nitrogens with two attached hydrogens (primary N) is 1. The van der Waals surface area contributed by atoms with Gasteiger partial charge < -0.3 is 5.73 Å². The van der Waals surface area contributed by atoms with Gasteiger partial charge in [-0.2, -0.15) is 5.10 Å². The summed E-state index contributed by atoms with van der Waals surface area (Å²) < 4.78 is 0. The molecule has 0 fully saturated rings. The number of rotatable bonds is 1. The molecule has 72 valence electrons. The van der Waals surface area contributed by atoms with Gasteiger partial charge in [0.05, 0.1) is 12.1 Å². The highest BCUT2D eigenvalue weighted by molar-refractivity contribution is 6.12. The first-order valence-corrected chi connectivity index (χ1v) is 4.39. The van der Waals surface area contributed by atoms with Crippen LogP contribution in [0.3, 0.4) is 0 Å². The van der Waals surface area contributed by atoms with Crippen LogP contribution in [0.1, 0.15) is 13.3 Å². The third-order valence-electron chi connectivity index (χ3n) is 2.03. The maximum Gasteiger partial charge on any atom is 0.253 e. The normalized spacial score (nSPS) is 15.9. The van der Waals surface area contributed by atoms with E-state index in [4.69, 9.17) is 5.73 Å². The average Bonchev–Trinajstić information content (AvgIpc) is 2.45. The van der Waals surface area contributed by atoms with Crippen molar-refractivity contribution in [3.8, 4) is 0 Å². The second kappa shape index (κ2) is 3.14. The topological polar surface area (TPSA) is 58.7 Å². The molecule has 0 radical (unpaired) electrons. The number of benzene rings is 1. The van der Waals surface area contributed by atoms with Gasteiger partial charge in [-0.25, -0.2) is 5.01 Å². The van der Waals surface area contributed by atoms with Crippen molar-refractivity contribution in [3.63, 3.8) is 0 Å². The van der Waals surface area contributed by atoms with Gasteiger partial charge >= 0.3 is 0 Å². The Bertz CT molecular complexity index is 412. The van der Waals surface area contributed by atoms with Crippen molar-refractivity contribution in [1.82, 2.24) is 0 Å². The minimum Gasteiger partial charge on any atom is -0.399 e. The molecule has 0 aliphatic carbocycles. The van der Waals surface area contributed by atoms with E-state index in [9.17, 15) is 4.79 Å². The molecule has 1 aliphatic rings. The molecule has 1 aromatic carbocycles. The van der Waals surface area contributed by atoms with Gasteiger partial charge in [-0.1, -0.05) is 6.07 Å². The SMILES string of the molecule is CC1=NN(c2cccc(N)c2)C(=O)C1. The summed E-state index contributed by atoms with van der Waals surface area (Å²) in [6.07, 6.45) is 0.398. The van der Waals surface area contributed by atoms with Crippen molar-refractivity contribution < 1.29 is 4.79 Å². The van der Waals surface area contributed by atoms with E-state index in [2.05, 4.69) is 5.10 Å². The first-order valence-electron chi connectivity index (χ1n) is 4.39. The summed E-state index contributed by atoms with van der Waals surface area (Å²) in [5, 5.41) is 5.52. The van der Waals surface area contributed by atoms with Crippen LogP contribution < -0.4 is 10.7 Å². The van der Waals surface area contributed by atoms with Crippen molar-refractivity contribution in [1.29, 1.82) is 0 Å². The zero-order chi connectivity index (χ0) is 10.1. The Morgan fingerprint density at radius 1 is 1.50 bits per heavy atom. The first kappa shape index (κ1) is 8.74. The molecule has 0 unspecified atom stereocenters. The van der Waals surface area contributed by atoms with E-state index in [-0.39, 0.29) is 5.91 Å². The Kier molecular flexibility index (Phi) is 1.96. The maximum atomic E-state index is 11.5. The maximum absolute atomic E-state index is 11.5. The average molecular weight is 189 g/mol. The van der Waals surface area contributed by atoms with Crippen LogP contribution in [-0.4, -0.2) is 11.6 Å². The van der Waals surface area contributed by atoms with Crippen LogP contribution in [-0.2, 0) is 4.79 Å². The predicted octanol–water partition coefficient (Wildman–Crippen LogP) is 1.38. The molecule has 2 rings (SSSR count). The van der Waals surface area contributed by atoms with E-state index in [1.54, 1.807) is 18.2 Å². The summed E-state index contributed by atoms with van der Waals surface area (Å²) in [5.74, 6) is -0.00639. The van der Waals surface area contributed by atoms with Gasteiger partial charge in [-0.15, -0.1) is 0 Å². The van der Waals surface area contributed by atoms with Crippen LogP contribution in [0.25, 0.3) is 0 Å². The molecule has 0 bridgehead atoms. The zero-order valence-electron chi connectivity index (χ0n) is 7.90. The summed E-state index contributed by atoms with van der Waals surface area (Å²) in [6, 6.07) is 7.14. The summed E-state index contributed by atoms with van der Waals surface area (Å²) in [5.41, 5.74) is 7.81. The number of amides is 1. The third kappa shape index (κ3) is 1.46. The Morgan fingerprint density at radius 3 is 2.86 bits per heavy atom. The molecule has 0 saturated heterocycles. The summed E-state index contributed by atoms with van der Waals surface area (Å²) in [6.45, 7) is 1.84. The molecule has 1 aromatic rings. The third-order valence-corrected chi connectivity index (χ3v) is 2.03. The fraction of sp³-hybridized carbons (Fsp3) is 0.200. The standard InChI is InChI=1S/C10H11N3O/c1-7-5-10(14)13(12-7)9-4-2-3-8(11)6-9/h2-4,6H,5,11H2,1H3. The zero-order valence-corrected chi connectivity index (χ0v) is 7.90. The van der Waals surface area contributed by atoms with Gasteiger partial charge in [0, 0.05) is 11.4 Å². The molecule has 2 N–H and O–H groups in total. The van der Waals surface area contributed by atoms with Crippen LogP contribution in [0.2, 0.25) is 0 Å². The lowest BCUT2D eigenvalue weighted by Gasteiger charge is -2.11. The van der Waals surface area contributed by atoms with Crippen LogP contribution in [0.5, 0.6) is 0 Å². The molecule has 0 aromatic heterocycles. The number of nitrogen functional groups attached to an aromatic ring is 1. The molecule has 14 heavy (non-hydrogen) atoms. The van der Waals surface area contributed by atoms with Crippen LogP contribution >= 0.6 is 0 Å². The predicted molar refractivity (Wildman–Crippen MR) is 56.1 cm³/mol. The van der Waals surface area contributed by atoms with Crippen molar-refractivity contribution in [3.05, 3.63) is 24.3 Å². The first-order chi connectivity index (χ1) is 6.66. The van der Waals surface area contributed by atoms with Crippen LogP contribution in [0, 0.1) is 0 Å². The number of nitrogens with zero attached hydrogens (tertiary/aromatic N) is 2. The monoisotopic (exact) mass is 189 g/mol. The van der Waals surface area contributed by atoms with Gasteiger partial charge in [-0.05, 0) is 25.1 Å². The van der Waals surface area contributed by atoms with E-state index in [0.29, 0.717) is 12.1 Å². The van der Waals surface area contributed by atoms with Gasteiger partial charge in [0.2, 0.25) is 0 Å². The van der Waals surface area contributed by atoms with Crippen molar-refractivity contribution in [2.45, 2.75) is 13.3 Å². The van der Waals surface area contributed by atoms with E-state index >= 15 is 0 Å². The number of carbonyl (C=O) groups excluding carboxylic acids is 1. The number of hydrogen-bond acceptors (Lipinski definition) is 3. The van der Waals surface area contributed by atoms with Crippen LogP contribution in [0.15, 0.2) is 29.4 Å². The molecular weight excluding hydrogens is 178 g/mol. The minimum absolute atomic E-state index is 0.00639. The van der Waals surface area contributed by atoms with E-state index < -0.39 is 0 Å². The second-order valence-corrected chi connectivity index (χ2v) is 3.31. The van der Waals surface area contributed by atoms with Crippen LogP contribution in [0.4, 0.5) is 11.4 Å². The van der Waals surface area contributed by atoms with Crippen molar-refractivity contribution in [2.75, 3.05) is 10.7 Å². The van der Waals surface area contributed by atoms with Crippen molar-refractivity contribution >= 4 is 23.0 Å². The van der Waals surface area contributed by atoms with Gasteiger partial charge in [-0.3, -0.25) is 4.79 Å². The lowest BCUT2D eigenvalue weighted by atomic mass is 10.2. The highest BCUT2D eigenvalue weighted by Crippen LogP contribution is 2.22. The highest BCUT2D eigenvalue weighted by Gasteiger charge is 2.22. The van der Waals surface area contributed by atoms with Gasteiger partial charge in [0.1, 0.15) is 0 Å². The molecular formula is C10H11N3O. The quantitative estimate of drug-likeness (QED) is 0.678. The second-order valence-electron chi connectivity index (χ2n) is 3.31. The van der Waals surface area contributed by atoms with Gasteiger partial charge in [0.25, 0.3) is 5.91 Å². The van der Waals surface area contributed by atoms with E-state index in [0.717, 1.165) is 11.4 Å². The summed E-state index contributed by atoms with van der Waals surface area (Å²) in [4.78, 5) is 11.5. The summed E-state index contributed by atoms with van der Waals surface area (Å²) in [7, 11) is 0. The largest absolute Gasteiger partial charge is 0.399 e. The van der Waals surface area contributed by atoms with Crippen molar-refractivity contribution in [2.24, 2.45) is 5.10 Å². The fourth-order valence-electron chi connectivity index (χ4n) is 1.41. The molecule has 0 saturated carbocycles. The summed E-state index contributed by atoms with van der Waals surface area (Å²) >= 11 is 0. The van der Waals surface area contributed by atoms with Gasteiger partial charge in [0.15, 0.2) is 0 Å². The smallest absolute Gasteiger partial charge is 0.253 e.